The molecule has 2 aromatic heterocycles. The summed E-state index contributed by atoms with van der Waals surface area (Å²) in [6.45, 7) is 0.453. The van der Waals surface area contributed by atoms with Crippen LogP contribution in [-0.2, 0) is 6.54 Å². The van der Waals surface area contributed by atoms with E-state index in [0.29, 0.717) is 12.1 Å². The maximum absolute atomic E-state index is 11.9. The van der Waals surface area contributed by atoms with Crippen LogP contribution in [0.5, 0.6) is 0 Å². The topological polar surface area (TPSA) is 94.4 Å². The Balaban J connectivity index is 2.25. The fourth-order valence-electron chi connectivity index (χ4n) is 2.22. The lowest BCUT2D eigenvalue weighted by Gasteiger charge is -2.04. The SMILES string of the molecule is N#Cc1cn(Cc2ccccc2)c2c(=O)[nH]c(=O)[nH]c12. The Morgan fingerprint density at radius 2 is 1.90 bits per heavy atom. The van der Waals surface area contributed by atoms with Crippen LogP contribution in [0.4, 0.5) is 0 Å². The Labute approximate surface area is 112 Å². The van der Waals surface area contributed by atoms with Gasteiger partial charge in [0.2, 0.25) is 0 Å². The van der Waals surface area contributed by atoms with Gasteiger partial charge in [0, 0.05) is 12.7 Å². The van der Waals surface area contributed by atoms with E-state index < -0.39 is 11.2 Å². The lowest BCUT2D eigenvalue weighted by Crippen LogP contribution is -2.23. The van der Waals surface area contributed by atoms with Gasteiger partial charge in [-0.15, -0.1) is 0 Å². The lowest BCUT2D eigenvalue weighted by atomic mass is 10.2. The number of hydrogen-bond acceptors (Lipinski definition) is 3. The zero-order valence-corrected chi connectivity index (χ0v) is 10.4. The van der Waals surface area contributed by atoms with Crippen LogP contribution in [0.2, 0.25) is 0 Å². The largest absolute Gasteiger partial charge is 0.336 e. The highest BCUT2D eigenvalue weighted by Crippen LogP contribution is 2.15. The maximum atomic E-state index is 11.9. The van der Waals surface area contributed by atoms with E-state index in [-0.39, 0.29) is 11.1 Å². The second-order valence-electron chi connectivity index (χ2n) is 4.40. The van der Waals surface area contributed by atoms with Gasteiger partial charge >= 0.3 is 5.69 Å². The number of nitriles is 1. The fraction of sp³-hybridized carbons (Fsp3) is 0.0714. The minimum atomic E-state index is -0.614. The van der Waals surface area contributed by atoms with E-state index >= 15 is 0 Å². The zero-order chi connectivity index (χ0) is 14.1. The van der Waals surface area contributed by atoms with Gasteiger partial charge in [-0.2, -0.15) is 5.26 Å². The van der Waals surface area contributed by atoms with Crippen LogP contribution < -0.4 is 11.2 Å². The molecule has 6 nitrogen and oxygen atoms in total. The molecule has 0 amide bonds. The molecule has 2 heterocycles. The number of nitrogens with zero attached hydrogens (tertiary/aromatic N) is 2. The molecule has 1 aromatic carbocycles. The van der Waals surface area contributed by atoms with Crippen LogP contribution in [0.25, 0.3) is 11.0 Å². The summed E-state index contributed by atoms with van der Waals surface area (Å²) >= 11 is 0. The number of aromatic amines is 2. The Morgan fingerprint density at radius 3 is 2.60 bits per heavy atom. The standard InChI is InChI=1S/C14H10N4O2/c15-6-10-8-18(7-9-4-2-1-3-5-9)12-11(10)16-14(20)17-13(12)19/h1-5,8H,7H2,(H2,16,17,19,20). The van der Waals surface area contributed by atoms with Crippen molar-refractivity contribution in [3.8, 4) is 6.07 Å². The number of aromatic nitrogens is 3. The molecule has 20 heavy (non-hydrogen) atoms. The molecule has 0 aliphatic heterocycles. The van der Waals surface area contributed by atoms with Gasteiger partial charge in [-0.05, 0) is 5.56 Å². The van der Waals surface area contributed by atoms with Crippen molar-refractivity contribution in [2.24, 2.45) is 0 Å². The van der Waals surface area contributed by atoms with E-state index in [2.05, 4.69) is 9.97 Å². The summed E-state index contributed by atoms with van der Waals surface area (Å²) in [5, 5.41) is 9.10. The smallest absolute Gasteiger partial charge is 0.326 e. The summed E-state index contributed by atoms with van der Waals surface area (Å²) in [7, 11) is 0. The Hall–Kier alpha value is -3.07. The Bertz CT molecular complexity index is 926. The fourth-order valence-corrected chi connectivity index (χ4v) is 2.22. The summed E-state index contributed by atoms with van der Waals surface area (Å²) < 4.78 is 1.66. The summed E-state index contributed by atoms with van der Waals surface area (Å²) in [5.74, 6) is 0. The molecule has 0 fully saturated rings. The molecule has 3 aromatic rings. The molecule has 0 saturated heterocycles. The molecule has 0 aliphatic carbocycles. The van der Waals surface area contributed by atoms with Gasteiger partial charge < -0.3 is 9.55 Å². The van der Waals surface area contributed by atoms with Gasteiger partial charge in [0.25, 0.3) is 5.56 Å². The predicted molar refractivity (Wildman–Crippen MR) is 73.4 cm³/mol. The van der Waals surface area contributed by atoms with Crippen molar-refractivity contribution < 1.29 is 0 Å². The summed E-state index contributed by atoms with van der Waals surface area (Å²) in [5.41, 5.74) is 0.735. The number of fused-ring (bicyclic) bond motifs is 1. The number of nitrogens with one attached hydrogen (secondary N) is 2. The molecule has 0 unspecified atom stereocenters. The molecule has 0 radical (unpaired) electrons. The van der Waals surface area contributed by atoms with Gasteiger partial charge in [-0.1, -0.05) is 30.3 Å². The van der Waals surface area contributed by atoms with Crippen LogP contribution in [0.15, 0.2) is 46.1 Å². The Morgan fingerprint density at radius 1 is 1.15 bits per heavy atom. The highest BCUT2D eigenvalue weighted by atomic mass is 16.2. The first-order valence-corrected chi connectivity index (χ1v) is 5.98. The Kier molecular flexibility index (Phi) is 2.73. The van der Waals surface area contributed by atoms with Gasteiger partial charge in [-0.25, -0.2) is 4.79 Å². The van der Waals surface area contributed by atoms with Crippen molar-refractivity contribution in [2.75, 3.05) is 0 Å². The van der Waals surface area contributed by atoms with Crippen molar-refractivity contribution in [1.82, 2.24) is 14.5 Å². The van der Waals surface area contributed by atoms with Crippen LogP contribution >= 0.6 is 0 Å². The third kappa shape index (κ3) is 1.91. The first-order chi connectivity index (χ1) is 9.69. The van der Waals surface area contributed by atoms with Crippen molar-refractivity contribution in [3.05, 3.63) is 68.5 Å². The molecular weight excluding hydrogens is 256 g/mol. The average molecular weight is 266 g/mol. The van der Waals surface area contributed by atoms with E-state index in [1.54, 1.807) is 10.8 Å². The highest BCUT2D eigenvalue weighted by Gasteiger charge is 2.13. The average Bonchev–Trinajstić information content (AvgIpc) is 2.78. The number of rotatable bonds is 2. The molecule has 0 atom stereocenters. The third-order valence-corrected chi connectivity index (χ3v) is 3.08. The van der Waals surface area contributed by atoms with Crippen LogP contribution in [-0.4, -0.2) is 14.5 Å². The van der Waals surface area contributed by atoms with E-state index in [1.165, 1.54) is 0 Å². The van der Waals surface area contributed by atoms with E-state index in [4.69, 9.17) is 5.26 Å². The monoisotopic (exact) mass is 266 g/mol. The molecule has 3 rings (SSSR count). The van der Waals surface area contributed by atoms with Crippen molar-refractivity contribution >= 4 is 11.0 Å². The van der Waals surface area contributed by atoms with Gasteiger partial charge in [0.15, 0.2) is 0 Å². The molecule has 2 N–H and O–H groups in total. The molecule has 0 saturated carbocycles. The summed E-state index contributed by atoms with van der Waals surface area (Å²) in [6, 6.07) is 11.6. The van der Waals surface area contributed by atoms with E-state index in [9.17, 15) is 9.59 Å². The normalized spacial score (nSPS) is 10.6. The minimum absolute atomic E-state index is 0.275. The third-order valence-electron chi connectivity index (χ3n) is 3.08. The first kappa shape index (κ1) is 12.0. The lowest BCUT2D eigenvalue weighted by molar-refractivity contribution is 0.828. The van der Waals surface area contributed by atoms with Crippen LogP contribution in [0.3, 0.4) is 0 Å². The van der Waals surface area contributed by atoms with Crippen LogP contribution in [0.1, 0.15) is 11.1 Å². The number of benzene rings is 1. The van der Waals surface area contributed by atoms with E-state index in [0.717, 1.165) is 5.56 Å². The van der Waals surface area contributed by atoms with Gasteiger partial charge in [0.1, 0.15) is 11.6 Å². The molecule has 6 heteroatoms. The summed E-state index contributed by atoms with van der Waals surface area (Å²) in [6.07, 6.45) is 1.57. The van der Waals surface area contributed by atoms with Crippen molar-refractivity contribution in [2.45, 2.75) is 6.54 Å². The second kappa shape index (κ2) is 4.55. The van der Waals surface area contributed by atoms with Gasteiger partial charge in [0.05, 0.1) is 11.1 Å². The van der Waals surface area contributed by atoms with E-state index in [1.807, 2.05) is 36.4 Å². The van der Waals surface area contributed by atoms with Crippen molar-refractivity contribution in [1.29, 1.82) is 5.26 Å². The van der Waals surface area contributed by atoms with Crippen molar-refractivity contribution in [3.63, 3.8) is 0 Å². The quantitative estimate of drug-likeness (QED) is 0.722. The van der Waals surface area contributed by atoms with Gasteiger partial charge in [-0.3, -0.25) is 9.78 Å². The predicted octanol–water partition coefficient (Wildman–Crippen LogP) is 0.938. The zero-order valence-electron chi connectivity index (χ0n) is 10.4. The highest BCUT2D eigenvalue weighted by molar-refractivity contribution is 5.81. The first-order valence-electron chi connectivity index (χ1n) is 5.98. The molecule has 0 aliphatic rings. The molecular formula is C14H10N4O2. The summed E-state index contributed by atoms with van der Waals surface area (Å²) in [4.78, 5) is 27.9. The second-order valence-corrected chi connectivity index (χ2v) is 4.40. The molecule has 98 valence electrons. The maximum Gasteiger partial charge on any atom is 0.326 e. The van der Waals surface area contributed by atoms with Crippen LogP contribution in [0, 0.1) is 11.3 Å². The number of H-pyrrole nitrogens is 2. The minimum Gasteiger partial charge on any atom is -0.336 e. The molecule has 0 bridgehead atoms. The molecule has 0 spiro atoms. The number of hydrogen-bond donors (Lipinski definition) is 2.